The lowest BCUT2D eigenvalue weighted by atomic mass is 10.3. The Morgan fingerprint density at radius 2 is 1.60 bits per heavy atom. The number of halogens is 1. The normalized spacial score (nSPS) is 15.1. The summed E-state index contributed by atoms with van der Waals surface area (Å²) in [4.78, 5) is 0. The van der Waals surface area contributed by atoms with Crippen LogP contribution in [0.2, 0.25) is 5.02 Å². The minimum atomic E-state index is 0.653. The summed E-state index contributed by atoms with van der Waals surface area (Å²) in [6, 6.07) is 7.36. The van der Waals surface area contributed by atoms with E-state index in [9.17, 15) is 0 Å². The van der Waals surface area contributed by atoms with Crippen molar-refractivity contribution in [1.29, 1.82) is 0 Å². The van der Waals surface area contributed by atoms with Crippen molar-refractivity contribution in [3.8, 4) is 5.75 Å². The van der Waals surface area contributed by atoms with E-state index >= 15 is 0 Å². The summed E-state index contributed by atoms with van der Waals surface area (Å²) in [5, 5.41) is 0.653. The van der Waals surface area contributed by atoms with Gasteiger partial charge >= 0.3 is 0 Å². The zero-order valence-electron chi connectivity index (χ0n) is 8.74. The van der Waals surface area contributed by atoms with E-state index in [2.05, 4.69) is 0 Å². The van der Waals surface area contributed by atoms with Crippen LogP contribution in [0.5, 0.6) is 5.75 Å². The third-order valence-electron chi connectivity index (χ3n) is 1.80. The summed E-state index contributed by atoms with van der Waals surface area (Å²) in [7, 11) is 1.60. The van der Waals surface area contributed by atoms with Crippen LogP contribution in [0.4, 0.5) is 0 Å². The van der Waals surface area contributed by atoms with Gasteiger partial charge in [0.1, 0.15) is 5.75 Å². The Morgan fingerprint density at radius 3 is 1.93 bits per heavy atom. The summed E-state index contributed by atoms with van der Waals surface area (Å²) in [5.74, 6) is 0.721. The molecule has 1 aromatic rings. The van der Waals surface area contributed by atoms with E-state index in [4.69, 9.17) is 25.8 Å². The Hall–Kier alpha value is -0.770. The monoisotopic (exact) mass is 230 g/mol. The molecule has 0 N–H and O–H groups in total. The number of para-hydroxylation sites is 1. The van der Waals surface area contributed by atoms with Crippen molar-refractivity contribution in [2.75, 3.05) is 33.5 Å². The summed E-state index contributed by atoms with van der Waals surface area (Å²) in [6.07, 6.45) is 0. The fourth-order valence-corrected chi connectivity index (χ4v) is 1.26. The van der Waals surface area contributed by atoms with E-state index in [-0.39, 0.29) is 0 Å². The number of rotatable bonds is 1. The van der Waals surface area contributed by atoms with Gasteiger partial charge in [-0.25, -0.2) is 0 Å². The van der Waals surface area contributed by atoms with Gasteiger partial charge in [-0.2, -0.15) is 0 Å². The molecule has 4 heteroatoms. The van der Waals surface area contributed by atoms with Gasteiger partial charge in [-0.15, -0.1) is 0 Å². The van der Waals surface area contributed by atoms with Gasteiger partial charge in [0.25, 0.3) is 0 Å². The van der Waals surface area contributed by atoms with E-state index in [1.807, 2.05) is 18.2 Å². The van der Waals surface area contributed by atoms with Crippen LogP contribution in [0.25, 0.3) is 0 Å². The molecule has 0 amide bonds. The molecule has 15 heavy (non-hydrogen) atoms. The molecule has 0 aliphatic carbocycles. The average molecular weight is 231 g/mol. The fourth-order valence-electron chi connectivity index (χ4n) is 1.05. The predicted molar refractivity (Wildman–Crippen MR) is 59.6 cm³/mol. The third-order valence-corrected chi connectivity index (χ3v) is 2.11. The van der Waals surface area contributed by atoms with Crippen molar-refractivity contribution in [3.63, 3.8) is 0 Å². The van der Waals surface area contributed by atoms with Crippen molar-refractivity contribution in [1.82, 2.24) is 0 Å². The van der Waals surface area contributed by atoms with Gasteiger partial charge in [0, 0.05) is 0 Å². The van der Waals surface area contributed by atoms with Gasteiger partial charge in [-0.3, -0.25) is 0 Å². The summed E-state index contributed by atoms with van der Waals surface area (Å²) >= 11 is 5.70. The number of hydrogen-bond donors (Lipinski definition) is 0. The maximum Gasteiger partial charge on any atom is 0.137 e. The Balaban J connectivity index is 0.000000162. The Kier molecular flexibility index (Phi) is 6.16. The van der Waals surface area contributed by atoms with Gasteiger partial charge < -0.3 is 14.2 Å². The largest absolute Gasteiger partial charge is 0.495 e. The summed E-state index contributed by atoms with van der Waals surface area (Å²) in [5.41, 5.74) is 0. The maximum absolute atomic E-state index is 5.70. The third kappa shape index (κ3) is 5.02. The minimum absolute atomic E-state index is 0.653. The maximum atomic E-state index is 5.70. The molecule has 0 aromatic heterocycles. The first-order chi connectivity index (χ1) is 7.34. The molecule has 84 valence electrons. The highest BCUT2D eigenvalue weighted by molar-refractivity contribution is 6.32. The second-order valence-corrected chi connectivity index (χ2v) is 3.27. The molecule has 0 saturated carbocycles. The molecule has 1 aromatic carbocycles. The van der Waals surface area contributed by atoms with E-state index < -0.39 is 0 Å². The van der Waals surface area contributed by atoms with Gasteiger partial charge in [0.05, 0.1) is 38.6 Å². The van der Waals surface area contributed by atoms with Crippen LogP contribution in [0, 0.1) is 0 Å². The molecule has 1 aliphatic heterocycles. The molecule has 1 fully saturated rings. The molecule has 1 saturated heterocycles. The quantitative estimate of drug-likeness (QED) is 0.742. The molecular formula is C11H15ClO3. The molecule has 0 atom stereocenters. The van der Waals surface area contributed by atoms with Crippen LogP contribution >= 0.6 is 11.6 Å². The number of methoxy groups -OCH3 is 1. The molecule has 1 heterocycles. The van der Waals surface area contributed by atoms with E-state index in [0.717, 1.165) is 32.2 Å². The Labute approximate surface area is 94.9 Å². The second-order valence-electron chi connectivity index (χ2n) is 2.86. The van der Waals surface area contributed by atoms with Crippen LogP contribution in [0.3, 0.4) is 0 Å². The lowest BCUT2D eigenvalue weighted by molar-refractivity contribution is -0.0334. The standard InChI is InChI=1S/C7H7ClO.C4H8O2/c1-9-7-5-3-2-4-6(7)8;1-2-6-4-3-5-1/h2-5H,1H3;1-4H2. The molecular weight excluding hydrogens is 216 g/mol. The predicted octanol–water partition coefficient (Wildman–Crippen LogP) is 2.38. The van der Waals surface area contributed by atoms with Crippen LogP contribution in [-0.2, 0) is 9.47 Å². The molecule has 3 nitrogen and oxygen atoms in total. The van der Waals surface area contributed by atoms with Crippen LogP contribution in [0.15, 0.2) is 24.3 Å². The van der Waals surface area contributed by atoms with Gasteiger partial charge in [0.15, 0.2) is 0 Å². The van der Waals surface area contributed by atoms with Crippen molar-refractivity contribution in [2.24, 2.45) is 0 Å². The van der Waals surface area contributed by atoms with Crippen LogP contribution < -0.4 is 4.74 Å². The molecule has 1 aliphatic rings. The van der Waals surface area contributed by atoms with Crippen molar-refractivity contribution < 1.29 is 14.2 Å². The Bertz CT molecular complexity index is 263. The van der Waals surface area contributed by atoms with E-state index in [1.54, 1.807) is 13.2 Å². The second kappa shape index (κ2) is 7.51. The first-order valence-electron chi connectivity index (χ1n) is 4.78. The lowest BCUT2D eigenvalue weighted by Crippen LogP contribution is -2.16. The molecule has 0 bridgehead atoms. The zero-order valence-corrected chi connectivity index (χ0v) is 9.50. The topological polar surface area (TPSA) is 27.7 Å². The lowest BCUT2D eigenvalue weighted by Gasteiger charge is -2.09. The van der Waals surface area contributed by atoms with Gasteiger partial charge in [-0.05, 0) is 12.1 Å². The van der Waals surface area contributed by atoms with Crippen LogP contribution in [-0.4, -0.2) is 33.5 Å². The van der Waals surface area contributed by atoms with Crippen molar-refractivity contribution in [3.05, 3.63) is 29.3 Å². The highest BCUT2D eigenvalue weighted by atomic mass is 35.5. The smallest absolute Gasteiger partial charge is 0.137 e. The molecule has 0 radical (unpaired) electrons. The minimum Gasteiger partial charge on any atom is -0.495 e. The molecule has 2 rings (SSSR count). The molecule has 0 unspecified atom stereocenters. The average Bonchev–Trinajstić information content (AvgIpc) is 2.33. The van der Waals surface area contributed by atoms with Gasteiger partial charge in [0.2, 0.25) is 0 Å². The number of hydrogen-bond acceptors (Lipinski definition) is 3. The SMILES string of the molecule is C1COCCO1.COc1ccccc1Cl. The fraction of sp³-hybridized carbons (Fsp3) is 0.455. The van der Waals surface area contributed by atoms with Crippen molar-refractivity contribution in [2.45, 2.75) is 0 Å². The summed E-state index contributed by atoms with van der Waals surface area (Å²) in [6.45, 7) is 3.11. The summed E-state index contributed by atoms with van der Waals surface area (Å²) < 4.78 is 14.8. The van der Waals surface area contributed by atoms with Crippen molar-refractivity contribution >= 4 is 11.6 Å². The van der Waals surface area contributed by atoms with E-state index in [0.29, 0.717) is 5.02 Å². The first-order valence-corrected chi connectivity index (χ1v) is 5.16. The Morgan fingerprint density at radius 1 is 1.07 bits per heavy atom. The number of benzene rings is 1. The first kappa shape index (κ1) is 12.3. The number of ether oxygens (including phenoxy) is 3. The highest BCUT2D eigenvalue weighted by Crippen LogP contribution is 2.21. The molecule has 0 spiro atoms. The van der Waals surface area contributed by atoms with E-state index in [1.165, 1.54) is 0 Å². The van der Waals surface area contributed by atoms with Gasteiger partial charge in [-0.1, -0.05) is 23.7 Å². The highest BCUT2D eigenvalue weighted by Gasteiger charge is 1.94. The van der Waals surface area contributed by atoms with Crippen LogP contribution in [0.1, 0.15) is 0 Å². The zero-order chi connectivity index (χ0) is 10.9.